The molecule has 20 heavy (non-hydrogen) atoms. The number of benzene rings is 1. The van der Waals surface area contributed by atoms with Crippen molar-refractivity contribution < 1.29 is 9.90 Å². The van der Waals surface area contributed by atoms with Gasteiger partial charge in [-0.3, -0.25) is 4.90 Å². The Morgan fingerprint density at radius 2 is 1.70 bits per heavy atom. The van der Waals surface area contributed by atoms with Crippen LogP contribution in [0, 0.1) is 0 Å². The molecule has 0 radical (unpaired) electrons. The topological polar surface area (TPSA) is 43.8 Å². The van der Waals surface area contributed by atoms with Crippen LogP contribution < -0.4 is 4.90 Å². The molecule has 1 unspecified atom stereocenters. The highest BCUT2D eigenvalue weighted by Crippen LogP contribution is 2.32. The summed E-state index contributed by atoms with van der Waals surface area (Å²) >= 11 is 0. The quantitative estimate of drug-likeness (QED) is 0.918. The third kappa shape index (κ3) is 2.66. The van der Waals surface area contributed by atoms with Crippen LogP contribution in [-0.2, 0) is 10.3 Å². The van der Waals surface area contributed by atoms with Gasteiger partial charge in [0.2, 0.25) is 0 Å². The zero-order chi connectivity index (χ0) is 14.8. The predicted octanol–water partition coefficient (Wildman–Crippen LogP) is 2.54. The van der Waals surface area contributed by atoms with Gasteiger partial charge in [0.15, 0.2) is 0 Å². The van der Waals surface area contributed by atoms with Crippen molar-refractivity contribution in [3.8, 4) is 0 Å². The molecule has 110 valence electrons. The summed E-state index contributed by atoms with van der Waals surface area (Å²) in [6.45, 7) is 3.54. The highest BCUT2D eigenvalue weighted by atomic mass is 16.4. The molecule has 4 heteroatoms. The smallest absolute Gasteiger partial charge is 0.328 e. The summed E-state index contributed by atoms with van der Waals surface area (Å²) in [6, 6.07) is 7.86. The van der Waals surface area contributed by atoms with Gasteiger partial charge in [-0.05, 0) is 50.6 Å². The Bertz CT molecular complexity index is 464. The van der Waals surface area contributed by atoms with E-state index >= 15 is 0 Å². The number of anilines is 1. The van der Waals surface area contributed by atoms with E-state index in [9.17, 15) is 9.90 Å². The maximum atomic E-state index is 11.9. The molecule has 0 saturated carbocycles. The zero-order valence-corrected chi connectivity index (χ0v) is 12.6. The van der Waals surface area contributed by atoms with Crippen LogP contribution in [0.25, 0.3) is 0 Å². The summed E-state index contributed by atoms with van der Waals surface area (Å²) in [6.07, 6.45) is 3.36. The second-order valence-corrected chi connectivity index (χ2v) is 5.87. The molecule has 1 N–H and O–H groups in total. The van der Waals surface area contributed by atoms with Crippen molar-refractivity contribution in [3.05, 3.63) is 29.8 Å². The molecule has 0 aliphatic carbocycles. The van der Waals surface area contributed by atoms with Crippen LogP contribution in [0.2, 0.25) is 0 Å². The lowest BCUT2D eigenvalue weighted by atomic mass is 9.88. The van der Waals surface area contributed by atoms with Gasteiger partial charge in [0.25, 0.3) is 0 Å². The van der Waals surface area contributed by atoms with Gasteiger partial charge >= 0.3 is 5.97 Å². The number of hydrogen-bond acceptors (Lipinski definition) is 3. The first kappa shape index (κ1) is 14.9. The van der Waals surface area contributed by atoms with E-state index in [1.165, 1.54) is 6.42 Å². The minimum Gasteiger partial charge on any atom is -0.480 e. The lowest BCUT2D eigenvalue weighted by Gasteiger charge is -2.40. The SMILES string of the molecule is CN(C)c1ccc(C(C)(C(=O)O)N2CCCCC2)cc1. The van der Waals surface area contributed by atoms with Gasteiger partial charge in [-0.1, -0.05) is 18.6 Å². The van der Waals surface area contributed by atoms with Crippen molar-refractivity contribution in [1.29, 1.82) is 0 Å². The molecule has 0 spiro atoms. The minimum absolute atomic E-state index is 0.767. The van der Waals surface area contributed by atoms with Gasteiger partial charge in [0.1, 0.15) is 5.54 Å². The van der Waals surface area contributed by atoms with E-state index in [0.29, 0.717) is 0 Å². The molecule has 0 bridgehead atoms. The van der Waals surface area contributed by atoms with Crippen molar-refractivity contribution in [2.24, 2.45) is 0 Å². The molecule has 1 aromatic rings. The monoisotopic (exact) mass is 276 g/mol. The Balaban J connectivity index is 2.34. The van der Waals surface area contributed by atoms with Gasteiger partial charge in [0.05, 0.1) is 0 Å². The number of piperidine rings is 1. The first-order valence-corrected chi connectivity index (χ1v) is 7.22. The number of rotatable bonds is 4. The summed E-state index contributed by atoms with van der Waals surface area (Å²) in [4.78, 5) is 16.0. The Morgan fingerprint density at radius 3 is 2.15 bits per heavy atom. The average Bonchev–Trinajstić information content (AvgIpc) is 2.47. The Hall–Kier alpha value is -1.55. The molecule has 0 amide bonds. The number of carboxylic acid groups (broad SMARTS) is 1. The minimum atomic E-state index is -0.925. The molecule has 0 aromatic heterocycles. The summed E-state index contributed by atoms with van der Waals surface area (Å²) in [7, 11) is 3.96. The number of hydrogen-bond donors (Lipinski definition) is 1. The molecule has 1 fully saturated rings. The molecule has 1 aliphatic rings. The predicted molar refractivity (Wildman–Crippen MR) is 81.2 cm³/mol. The maximum Gasteiger partial charge on any atom is 0.328 e. The summed E-state index contributed by atoms with van der Waals surface area (Å²) in [5, 5.41) is 9.76. The van der Waals surface area contributed by atoms with Crippen LogP contribution in [0.1, 0.15) is 31.7 Å². The normalized spacial score (nSPS) is 19.4. The molecular formula is C16H24N2O2. The second-order valence-electron chi connectivity index (χ2n) is 5.87. The highest BCUT2D eigenvalue weighted by molar-refractivity contribution is 5.80. The number of carboxylic acids is 1. The van der Waals surface area contributed by atoms with E-state index in [4.69, 9.17) is 0 Å². The van der Waals surface area contributed by atoms with Crippen molar-refractivity contribution >= 4 is 11.7 Å². The Kier molecular flexibility index (Phi) is 4.33. The molecular weight excluding hydrogens is 252 g/mol. The van der Waals surface area contributed by atoms with E-state index in [-0.39, 0.29) is 0 Å². The fraction of sp³-hybridized carbons (Fsp3) is 0.562. The lowest BCUT2D eigenvalue weighted by Crippen LogP contribution is -2.51. The lowest BCUT2D eigenvalue weighted by molar-refractivity contribution is -0.152. The van der Waals surface area contributed by atoms with Crippen molar-refractivity contribution in [2.75, 3.05) is 32.1 Å². The van der Waals surface area contributed by atoms with Gasteiger partial charge in [-0.2, -0.15) is 0 Å². The second kappa shape index (κ2) is 5.83. The van der Waals surface area contributed by atoms with E-state index in [1.807, 2.05) is 50.2 Å². The van der Waals surface area contributed by atoms with Gasteiger partial charge in [-0.15, -0.1) is 0 Å². The molecule has 1 aromatic carbocycles. The zero-order valence-electron chi connectivity index (χ0n) is 12.6. The van der Waals surface area contributed by atoms with Gasteiger partial charge in [0, 0.05) is 19.8 Å². The fourth-order valence-electron chi connectivity index (χ4n) is 2.87. The fourth-order valence-corrected chi connectivity index (χ4v) is 2.87. The number of carbonyl (C=O) groups is 1. The van der Waals surface area contributed by atoms with Crippen LogP contribution in [0.15, 0.2) is 24.3 Å². The van der Waals surface area contributed by atoms with Crippen LogP contribution in [0.3, 0.4) is 0 Å². The van der Waals surface area contributed by atoms with E-state index in [0.717, 1.165) is 37.2 Å². The van der Waals surface area contributed by atoms with Crippen molar-refractivity contribution in [1.82, 2.24) is 4.90 Å². The molecule has 1 aliphatic heterocycles. The third-order valence-corrected chi connectivity index (χ3v) is 4.35. The summed E-state index contributed by atoms with van der Waals surface area (Å²) < 4.78 is 0. The number of nitrogens with zero attached hydrogens (tertiary/aromatic N) is 2. The first-order chi connectivity index (χ1) is 9.46. The number of likely N-dealkylation sites (tertiary alicyclic amines) is 1. The first-order valence-electron chi connectivity index (χ1n) is 7.22. The van der Waals surface area contributed by atoms with E-state index < -0.39 is 11.5 Å². The van der Waals surface area contributed by atoms with E-state index in [2.05, 4.69) is 4.90 Å². The Labute approximate surface area is 121 Å². The third-order valence-electron chi connectivity index (χ3n) is 4.35. The molecule has 2 rings (SSSR count). The van der Waals surface area contributed by atoms with Gasteiger partial charge < -0.3 is 10.0 Å². The molecule has 1 heterocycles. The van der Waals surface area contributed by atoms with Crippen molar-refractivity contribution in [2.45, 2.75) is 31.7 Å². The van der Waals surface area contributed by atoms with E-state index in [1.54, 1.807) is 0 Å². The van der Waals surface area contributed by atoms with Crippen LogP contribution in [0.4, 0.5) is 5.69 Å². The Morgan fingerprint density at radius 1 is 1.15 bits per heavy atom. The van der Waals surface area contributed by atoms with Crippen molar-refractivity contribution in [3.63, 3.8) is 0 Å². The standard InChI is InChI=1S/C16H24N2O2/c1-16(15(19)20,18-11-5-4-6-12-18)13-7-9-14(10-8-13)17(2)3/h7-10H,4-6,11-12H2,1-3H3,(H,19,20). The highest BCUT2D eigenvalue weighted by Gasteiger charge is 2.41. The van der Waals surface area contributed by atoms with Crippen LogP contribution in [0.5, 0.6) is 0 Å². The largest absolute Gasteiger partial charge is 0.480 e. The average molecular weight is 276 g/mol. The van der Waals surface area contributed by atoms with Crippen LogP contribution >= 0.6 is 0 Å². The number of aliphatic carboxylic acids is 1. The summed E-state index contributed by atoms with van der Waals surface area (Å²) in [5.41, 5.74) is 1.02. The maximum absolute atomic E-state index is 11.9. The van der Waals surface area contributed by atoms with Crippen LogP contribution in [-0.4, -0.2) is 43.2 Å². The molecule has 1 atom stereocenters. The van der Waals surface area contributed by atoms with Gasteiger partial charge in [-0.25, -0.2) is 4.79 Å². The molecule has 4 nitrogen and oxygen atoms in total. The summed E-state index contributed by atoms with van der Waals surface area (Å²) in [5.74, 6) is -0.767. The molecule has 1 saturated heterocycles.